The molecule has 0 saturated heterocycles. The first-order valence-electron chi connectivity index (χ1n) is 4.90. The highest BCUT2D eigenvalue weighted by molar-refractivity contribution is 6.42. The molecule has 1 atom stereocenters. The number of likely N-dealkylation sites (N-methyl/N-ethyl adjacent to an activating group) is 1. The Balaban J connectivity index is 2.85. The number of hydrogen-bond acceptors (Lipinski definition) is 2. The van der Waals surface area contributed by atoms with Crippen LogP contribution in [0.2, 0.25) is 10.0 Å². The van der Waals surface area contributed by atoms with Crippen LogP contribution in [0.3, 0.4) is 0 Å². The van der Waals surface area contributed by atoms with Crippen molar-refractivity contribution < 1.29 is 4.74 Å². The van der Waals surface area contributed by atoms with Crippen molar-refractivity contribution in [1.29, 1.82) is 0 Å². The standard InChI is InChI=1S/C11H15Cl2NO/c1-3-15-11(7-14-2)8-4-5-9(12)10(13)6-8/h4-6,11,14H,3,7H2,1-2H3/t11-/m0/s1. The van der Waals surface area contributed by atoms with E-state index in [0.717, 1.165) is 12.1 Å². The Morgan fingerprint density at radius 1 is 1.33 bits per heavy atom. The lowest BCUT2D eigenvalue weighted by Gasteiger charge is -2.17. The SMILES string of the molecule is CCO[C@@H](CNC)c1ccc(Cl)c(Cl)c1. The van der Waals surface area contributed by atoms with Gasteiger partial charge in [-0.25, -0.2) is 0 Å². The Morgan fingerprint density at radius 3 is 2.60 bits per heavy atom. The zero-order valence-corrected chi connectivity index (χ0v) is 10.4. The van der Waals surface area contributed by atoms with Crippen molar-refractivity contribution in [3.8, 4) is 0 Å². The predicted molar refractivity (Wildman–Crippen MR) is 64.8 cm³/mol. The maximum Gasteiger partial charge on any atom is 0.0949 e. The molecule has 0 fully saturated rings. The van der Waals surface area contributed by atoms with Gasteiger partial charge in [0, 0.05) is 13.2 Å². The average molecular weight is 248 g/mol. The summed E-state index contributed by atoms with van der Waals surface area (Å²) in [5.74, 6) is 0. The smallest absolute Gasteiger partial charge is 0.0949 e. The first-order valence-corrected chi connectivity index (χ1v) is 5.65. The van der Waals surface area contributed by atoms with Gasteiger partial charge in [-0.05, 0) is 31.7 Å². The second kappa shape index (κ2) is 6.33. The minimum absolute atomic E-state index is 0.0229. The summed E-state index contributed by atoms with van der Waals surface area (Å²) in [7, 11) is 1.89. The van der Waals surface area contributed by atoms with Gasteiger partial charge in [-0.3, -0.25) is 0 Å². The fourth-order valence-corrected chi connectivity index (χ4v) is 1.68. The van der Waals surface area contributed by atoms with E-state index in [1.54, 1.807) is 6.07 Å². The van der Waals surface area contributed by atoms with Gasteiger partial charge in [-0.1, -0.05) is 29.3 Å². The van der Waals surface area contributed by atoms with Gasteiger partial charge in [0.05, 0.1) is 16.1 Å². The van der Waals surface area contributed by atoms with Crippen LogP contribution in [0.5, 0.6) is 0 Å². The summed E-state index contributed by atoms with van der Waals surface area (Å²) in [6, 6.07) is 5.58. The van der Waals surface area contributed by atoms with Crippen LogP contribution in [0.25, 0.3) is 0 Å². The second-order valence-corrected chi connectivity index (χ2v) is 3.99. The Kier molecular flexibility index (Phi) is 5.40. The van der Waals surface area contributed by atoms with Gasteiger partial charge in [0.15, 0.2) is 0 Å². The van der Waals surface area contributed by atoms with Gasteiger partial charge in [0.25, 0.3) is 0 Å². The van der Waals surface area contributed by atoms with Gasteiger partial charge in [0.2, 0.25) is 0 Å². The molecule has 1 aromatic rings. The Bertz CT molecular complexity index is 311. The molecule has 2 nitrogen and oxygen atoms in total. The second-order valence-electron chi connectivity index (χ2n) is 3.18. The van der Waals surface area contributed by atoms with Crippen molar-refractivity contribution in [2.75, 3.05) is 20.2 Å². The molecule has 1 aromatic carbocycles. The molecule has 0 aromatic heterocycles. The third-order valence-electron chi connectivity index (χ3n) is 2.07. The lowest BCUT2D eigenvalue weighted by molar-refractivity contribution is 0.0638. The molecule has 1 rings (SSSR count). The number of nitrogens with one attached hydrogen (secondary N) is 1. The van der Waals surface area contributed by atoms with Crippen LogP contribution >= 0.6 is 23.2 Å². The van der Waals surface area contributed by atoms with Gasteiger partial charge in [-0.2, -0.15) is 0 Å². The van der Waals surface area contributed by atoms with Gasteiger partial charge < -0.3 is 10.1 Å². The zero-order chi connectivity index (χ0) is 11.3. The molecule has 0 spiro atoms. The number of hydrogen-bond donors (Lipinski definition) is 1. The van der Waals surface area contributed by atoms with E-state index in [0.29, 0.717) is 16.7 Å². The molecule has 0 bridgehead atoms. The summed E-state index contributed by atoms with van der Waals surface area (Å²) >= 11 is 11.8. The molecule has 84 valence electrons. The molecule has 4 heteroatoms. The van der Waals surface area contributed by atoms with Crippen LogP contribution < -0.4 is 5.32 Å². The fraction of sp³-hybridized carbons (Fsp3) is 0.455. The van der Waals surface area contributed by atoms with Crippen LogP contribution in [0.4, 0.5) is 0 Å². The number of ether oxygens (including phenoxy) is 1. The fourth-order valence-electron chi connectivity index (χ4n) is 1.37. The van der Waals surface area contributed by atoms with E-state index in [4.69, 9.17) is 27.9 Å². The Morgan fingerprint density at radius 2 is 2.07 bits per heavy atom. The monoisotopic (exact) mass is 247 g/mol. The highest BCUT2D eigenvalue weighted by atomic mass is 35.5. The van der Waals surface area contributed by atoms with E-state index in [-0.39, 0.29) is 6.10 Å². The average Bonchev–Trinajstić information content (AvgIpc) is 2.22. The maximum absolute atomic E-state index is 5.95. The molecule has 0 amide bonds. The minimum atomic E-state index is 0.0229. The van der Waals surface area contributed by atoms with Crippen molar-refractivity contribution in [3.05, 3.63) is 33.8 Å². The first-order chi connectivity index (χ1) is 7.19. The summed E-state index contributed by atoms with van der Waals surface area (Å²) in [5.41, 5.74) is 1.04. The summed E-state index contributed by atoms with van der Waals surface area (Å²) in [6.07, 6.45) is 0.0229. The quantitative estimate of drug-likeness (QED) is 0.863. The van der Waals surface area contributed by atoms with Crippen LogP contribution in [0.15, 0.2) is 18.2 Å². The van der Waals surface area contributed by atoms with Crippen molar-refractivity contribution in [3.63, 3.8) is 0 Å². The van der Waals surface area contributed by atoms with Gasteiger partial charge >= 0.3 is 0 Å². The van der Waals surface area contributed by atoms with Crippen molar-refractivity contribution >= 4 is 23.2 Å². The van der Waals surface area contributed by atoms with E-state index in [1.165, 1.54) is 0 Å². The summed E-state index contributed by atoms with van der Waals surface area (Å²) < 4.78 is 5.60. The predicted octanol–water partition coefficient (Wildman–Crippen LogP) is 3.29. The third kappa shape index (κ3) is 3.65. The van der Waals surface area contributed by atoms with Crippen LogP contribution in [0.1, 0.15) is 18.6 Å². The zero-order valence-electron chi connectivity index (χ0n) is 8.89. The molecular weight excluding hydrogens is 233 g/mol. The largest absolute Gasteiger partial charge is 0.372 e. The number of halogens is 2. The van der Waals surface area contributed by atoms with Crippen LogP contribution in [-0.4, -0.2) is 20.2 Å². The molecule has 15 heavy (non-hydrogen) atoms. The van der Waals surface area contributed by atoms with E-state index in [1.807, 2.05) is 26.1 Å². The lowest BCUT2D eigenvalue weighted by Crippen LogP contribution is -2.19. The Labute approximate surface area is 101 Å². The van der Waals surface area contributed by atoms with E-state index in [9.17, 15) is 0 Å². The summed E-state index contributed by atoms with van der Waals surface area (Å²) in [6.45, 7) is 3.40. The summed E-state index contributed by atoms with van der Waals surface area (Å²) in [5, 5.41) is 4.22. The van der Waals surface area contributed by atoms with E-state index >= 15 is 0 Å². The molecule has 0 aliphatic carbocycles. The molecular formula is C11H15Cl2NO. The molecule has 0 aliphatic heterocycles. The third-order valence-corrected chi connectivity index (χ3v) is 2.81. The molecule has 1 N–H and O–H groups in total. The van der Waals surface area contributed by atoms with Gasteiger partial charge in [-0.15, -0.1) is 0 Å². The molecule has 0 heterocycles. The number of benzene rings is 1. The maximum atomic E-state index is 5.95. The normalized spacial score (nSPS) is 12.8. The van der Waals surface area contributed by atoms with E-state index < -0.39 is 0 Å². The van der Waals surface area contributed by atoms with Crippen LogP contribution in [-0.2, 0) is 4.74 Å². The molecule has 0 saturated carbocycles. The molecule has 0 unspecified atom stereocenters. The topological polar surface area (TPSA) is 21.3 Å². The summed E-state index contributed by atoms with van der Waals surface area (Å²) in [4.78, 5) is 0. The van der Waals surface area contributed by atoms with Gasteiger partial charge in [0.1, 0.15) is 0 Å². The highest BCUT2D eigenvalue weighted by Gasteiger charge is 2.11. The highest BCUT2D eigenvalue weighted by Crippen LogP contribution is 2.26. The number of rotatable bonds is 5. The van der Waals surface area contributed by atoms with Crippen molar-refractivity contribution in [2.24, 2.45) is 0 Å². The molecule has 0 aliphatic rings. The Hall–Kier alpha value is -0.280. The first kappa shape index (κ1) is 12.8. The molecule has 0 radical (unpaired) electrons. The van der Waals surface area contributed by atoms with E-state index in [2.05, 4.69) is 5.32 Å². The minimum Gasteiger partial charge on any atom is -0.372 e. The lowest BCUT2D eigenvalue weighted by atomic mass is 10.1. The van der Waals surface area contributed by atoms with Crippen LogP contribution in [0, 0.1) is 0 Å². The van der Waals surface area contributed by atoms with Crippen molar-refractivity contribution in [1.82, 2.24) is 5.32 Å². The van der Waals surface area contributed by atoms with Crippen molar-refractivity contribution in [2.45, 2.75) is 13.0 Å².